The van der Waals surface area contributed by atoms with Crippen LogP contribution < -0.4 is 5.32 Å². The molecule has 1 aliphatic heterocycles. The highest BCUT2D eigenvalue weighted by molar-refractivity contribution is 6.10. The summed E-state index contributed by atoms with van der Waals surface area (Å²) in [5.41, 5.74) is 2.01. The Labute approximate surface area is 165 Å². The number of nitro benzene ring substituents is 1. The van der Waals surface area contributed by atoms with Crippen LogP contribution in [0.4, 0.5) is 11.4 Å². The number of carbonyl (C=O) groups is 3. The van der Waals surface area contributed by atoms with Gasteiger partial charge in [0.05, 0.1) is 4.92 Å². The van der Waals surface area contributed by atoms with Crippen LogP contribution in [0.1, 0.15) is 21.5 Å². The van der Waals surface area contributed by atoms with E-state index in [1.807, 2.05) is 0 Å². The largest absolute Gasteiger partial charge is 0.454 e. The standard InChI is InChI=1S/C20H17N3O6/c1-12-7-8-14(9-17(12)23(27)28)21-18(24)11-29-19(25)10-22-13(2)15-5-3-4-6-16(15)20(22)26/h3-9H,2,10-11H2,1H3,(H,21,24). The maximum Gasteiger partial charge on any atom is 0.326 e. The zero-order chi connectivity index (χ0) is 21.1. The summed E-state index contributed by atoms with van der Waals surface area (Å²) < 4.78 is 4.92. The van der Waals surface area contributed by atoms with Crippen molar-refractivity contribution in [1.29, 1.82) is 0 Å². The molecule has 0 atom stereocenters. The molecule has 148 valence electrons. The van der Waals surface area contributed by atoms with Crippen molar-refractivity contribution in [1.82, 2.24) is 4.90 Å². The lowest BCUT2D eigenvalue weighted by Crippen LogP contribution is -2.32. The van der Waals surface area contributed by atoms with Gasteiger partial charge in [0, 0.05) is 34.1 Å². The van der Waals surface area contributed by atoms with E-state index in [1.54, 1.807) is 31.2 Å². The van der Waals surface area contributed by atoms with Gasteiger partial charge in [0.15, 0.2) is 6.61 Å². The van der Waals surface area contributed by atoms with Gasteiger partial charge in [0.25, 0.3) is 17.5 Å². The Kier molecular flexibility index (Phi) is 5.40. The summed E-state index contributed by atoms with van der Waals surface area (Å²) in [6.45, 7) is 4.43. The van der Waals surface area contributed by atoms with Gasteiger partial charge in [-0.25, -0.2) is 0 Å². The molecule has 0 aliphatic carbocycles. The molecule has 0 radical (unpaired) electrons. The predicted octanol–water partition coefficient (Wildman–Crippen LogP) is 2.51. The van der Waals surface area contributed by atoms with E-state index in [9.17, 15) is 24.5 Å². The molecule has 2 aromatic rings. The Hall–Kier alpha value is -4.01. The van der Waals surface area contributed by atoms with Crippen molar-refractivity contribution >= 4 is 34.9 Å². The van der Waals surface area contributed by atoms with Gasteiger partial charge in [-0.1, -0.05) is 30.8 Å². The zero-order valence-corrected chi connectivity index (χ0v) is 15.5. The third-order valence-electron chi connectivity index (χ3n) is 4.38. The van der Waals surface area contributed by atoms with Crippen molar-refractivity contribution in [3.63, 3.8) is 0 Å². The number of hydrogen-bond donors (Lipinski definition) is 1. The van der Waals surface area contributed by atoms with Crippen LogP contribution in [0.15, 0.2) is 49.0 Å². The quantitative estimate of drug-likeness (QED) is 0.456. The van der Waals surface area contributed by atoms with E-state index in [1.165, 1.54) is 23.1 Å². The summed E-state index contributed by atoms with van der Waals surface area (Å²) >= 11 is 0. The van der Waals surface area contributed by atoms with Gasteiger partial charge >= 0.3 is 5.97 Å². The topological polar surface area (TPSA) is 119 Å². The number of benzene rings is 2. The first-order chi connectivity index (χ1) is 13.8. The Morgan fingerprint density at radius 1 is 1.21 bits per heavy atom. The minimum atomic E-state index is -0.780. The third-order valence-corrected chi connectivity index (χ3v) is 4.38. The summed E-state index contributed by atoms with van der Waals surface area (Å²) in [6, 6.07) is 11.1. The Bertz CT molecular complexity index is 1010. The second-order valence-electron chi connectivity index (χ2n) is 6.35. The van der Waals surface area contributed by atoms with Crippen molar-refractivity contribution in [3.8, 4) is 0 Å². The van der Waals surface area contributed by atoms with E-state index in [0.717, 1.165) is 0 Å². The number of amides is 2. The third kappa shape index (κ3) is 4.13. The van der Waals surface area contributed by atoms with Crippen LogP contribution in [0.3, 0.4) is 0 Å². The number of nitrogens with zero attached hydrogens (tertiary/aromatic N) is 2. The van der Waals surface area contributed by atoms with E-state index < -0.39 is 23.4 Å². The number of nitro groups is 1. The van der Waals surface area contributed by atoms with Crippen LogP contribution in [0.5, 0.6) is 0 Å². The summed E-state index contributed by atoms with van der Waals surface area (Å²) in [6.07, 6.45) is 0. The van der Waals surface area contributed by atoms with Crippen LogP contribution in [0.25, 0.3) is 5.70 Å². The van der Waals surface area contributed by atoms with Gasteiger partial charge in [-0.3, -0.25) is 29.4 Å². The SMILES string of the molecule is C=C1c2ccccc2C(=O)N1CC(=O)OCC(=O)Nc1ccc(C)c([N+](=O)[O-])c1. The molecular formula is C20H17N3O6. The maximum atomic E-state index is 12.4. The van der Waals surface area contributed by atoms with E-state index in [0.29, 0.717) is 22.4 Å². The molecular weight excluding hydrogens is 378 g/mol. The number of anilines is 1. The van der Waals surface area contributed by atoms with Crippen molar-refractivity contribution in [3.05, 3.63) is 75.8 Å². The second kappa shape index (κ2) is 7.93. The Morgan fingerprint density at radius 3 is 2.55 bits per heavy atom. The summed E-state index contributed by atoms with van der Waals surface area (Å²) in [5.74, 6) is -1.80. The van der Waals surface area contributed by atoms with Gasteiger partial charge in [-0.05, 0) is 19.1 Å². The second-order valence-corrected chi connectivity index (χ2v) is 6.35. The molecule has 0 aromatic heterocycles. The smallest absolute Gasteiger partial charge is 0.326 e. The zero-order valence-electron chi connectivity index (χ0n) is 15.5. The van der Waals surface area contributed by atoms with Crippen molar-refractivity contribution in [2.45, 2.75) is 6.92 Å². The van der Waals surface area contributed by atoms with Crippen molar-refractivity contribution in [2.75, 3.05) is 18.5 Å². The lowest BCUT2D eigenvalue weighted by atomic mass is 10.1. The fraction of sp³-hybridized carbons (Fsp3) is 0.150. The van der Waals surface area contributed by atoms with Gasteiger partial charge in [-0.2, -0.15) is 0 Å². The number of hydrogen-bond acceptors (Lipinski definition) is 6. The number of fused-ring (bicyclic) bond motifs is 1. The van der Waals surface area contributed by atoms with Crippen LogP contribution in [-0.4, -0.2) is 40.8 Å². The number of ether oxygens (including phenoxy) is 1. The minimum absolute atomic E-state index is 0.134. The van der Waals surface area contributed by atoms with E-state index in [2.05, 4.69) is 11.9 Å². The number of carbonyl (C=O) groups excluding carboxylic acids is 3. The summed E-state index contributed by atoms with van der Waals surface area (Å²) in [5, 5.41) is 13.4. The number of rotatable bonds is 6. The molecule has 0 bridgehead atoms. The van der Waals surface area contributed by atoms with Gasteiger partial charge < -0.3 is 10.1 Å². The van der Waals surface area contributed by atoms with Crippen LogP contribution in [0.2, 0.25) is 0 Å². The Morgan fingerprint density at radius 2 is 1.90 bits per heavy atom. The van der Waals surface area contributed by atoms with Crippen molar-refractivity contribution < 1.29 is 24.0 Å². The Balaban J connectivity index is 1.54. The van der Waals surface area contributed by atoms with Crippen molar-refractivity contribution in [2.24, 2.45) is 0 Å². The van der Waals surface area contributed by atoms with Crippen LogP contribution in [-0.2, 0) is 14.3 Å². The number of nitrogens with one attached hydrogen (secondary N) is 1. The molecule has 1 heterocycles. The highest BCUT2D eigenvalue weighted by atomic mass is 16.6. The lowest BCUT2D eigenvalue weighted by molar-refractivity contribution is -0.385. The maximum absolute atomic E-state index is 12.4. The summed E-state index contributed by atoms with van der Waals surface area (Å²) in [7, 11) is 0. The molecule has 2 aromatic carbocycles. The molecule has 2 amide bonds. The molecule has 0 fully saturated rings. The predicted molar refractivity (Wildman–Crippen MR) is 104 cm³/mol. The fourth-order valence-corrected chi connectivity index (χ4v) is 2.90. The number of esters is 1. The van der Waals surface area contributed by atoms with Crippen LogP contribution >= 0.6 is 0 Å². The molecule has 9 nitrogen and oxygen atoms in total. The molecule has 1 aliphatic rings. The molecule has 0 spiro atoms. The first-order valence-corrected chi connectivity index (χ1v) is 8.58. The molecule has 1 N–H and O–H groups in total. The molecule has 0 saturated carbocycles. The van der Waals surface area contributed by atoms with E-state index in [4.69, 9.17) is 4.74 Å². The molecule has 9 heteroatoms. The molecule has 29 heavy (non-hydrogen) atoms. The molecule has 0 saturated heterocycles. The minimum Gasteiger partial charge on any atom is -0.454 e. The molecule has 3 rings (SSSR count). The van der Waals surface area contributed by atoms with E-state index >= 15 is 0 Å². The highest BCUT2D eigenvalue weighted by Crippen LogP contribution is 2.30. The number of aryl methyl sites for hydroxylation is 1. The van der Waals surface area contributed by atoms with Gasteiger partial charge in [0.1, 0.15) is 6.54 Å². The van der Waals surface area contributed by atoms with Crippen LogP contribution in [0, 0.1) is 17.0 Å². The fourth-order valence-electron chi connectivity index (χ4n) is 2.90. The normalized spacial score (nSPS) is 12.5. The van der Waals surface area contributed by atoms with Gasteiger partial charge in [-0.15, -0.1) is 0 Å². The van der Waals surface area contributed by atoms with Gasteiger partial charge in [0.2, 0.25) is 0 Å². The monoisotopic (exact) mass is 395 g/mol. The molecule has 0 unspecified atom stereocenters. The van der Waals surface area contributed by atoms with E-state index in [-0.39, 0.29) is 23.8 Å². The summed E-state index contributed by atoms with van der Waals surface area (Å²) in [4.78, 5) is 48.0. The first-order valence-electron chi connectivity index (χ1n) is 8.58. The highest BCUT2D eigenvalue weighted by Gasteiger charge is 2.32. The average molecular weight is 395 g/mol. The average Bonchev–Trinajstić information content (AvgIpc) is 2.93. The lowest BCUT2D eigenvalue weighted by Gasteiger charge is -2.16. The first kappa shape index (κ1) is 19.7.